The number of aliphatic hydroxyl groups excluding tert-OH is 1. The molecule has 0 aliphatic heterocycles. The molecule has 0 heterocycles. The summed E-state index contributed by atoms with van der Waals surface area (Å²) in [6, 6.07) is 1.43. The van der Waals surface area contributed by atoms with E-state index in [9.17, 15) is 22.3 Å². The summed E-state index contributed by atoms with van der Waals surface area (Å²) in [5.41, 5.74) is 4.97. The molecule has 102 valence electrons. The van der Waals surface area contributed by atoms with E-state index in [1.54, 1.807) is 6.92 Å². The fraction of sp³-hybridized carbons (Fsp3) is 0.400. The molecule has 0 aliphatic carbocycles. The monoisotopic (exact) mass is 280 g/mol. The van der Waals surface area contributed by atoms with Gasteiger partial charge in [0.25, 0.3) is 0 Å². The molecule has 0 spiro atoms. The number of benzene rings is 1. The second-order valence-corrected chi connectivity index (χ2v) is 5.43. The molecule has 0 fully saturated rings. The summed E-state index contributed by atoms with van der Waals surface area (Å²) < 4.78 is 52.1. The molecule has 1 unspecified atom stereocenters. The van der Waals surface area contributed by atoms with Crippen molar-refractivity contribution in [3.05, 3.63) is 23.8 Å². The van der Waals surface area contributed by atoms with E-state index in [0.717, 1.165) is 0 Å². The van der Waals surface area contributed by atoms with Crippen molar-refractivity contribution < 1.29 is 22.3 Å². The number of aliphatic hydroxyl groups is 1. The predicted octanol–water partition coefficient (Wildman–Crippen LogP) is 0.596. The molecule has 0 aliphatic rings. The molecule has 4 N–H and O–H groups in total. The number of rotatable bonds is 5. The number of anilines is 1. The van der Waals surface area contributed by atoms with Crippen molar-refractivity contribution in [1.29, 1.82) is 0 Å². The number of nitrogen functional groups attached to an aromatic ring is 1. The molecular weight excluding hydrogens is 266 g/mol. The van der Waals surface area contributed by atoms with Gasteiger partial charge < -0.3 is 10.8 Å². The van der Waals surface area contributed by atoms with Crippen LogP contribution >= 0.6 is 0 Å². The van der Waals surface area contributed by atoms with E-state index in [0.29, 0.717) is 18.6 Å². The minimum absolute atomic E-state index is 0.211. The molecule has 1 aromatic carbocycles. The Bertz CT molecular complexity index is 511. The third-order valence-corrected chi connectivity index (χ3v) is 3.74. The fourth-order valence-corrected chi connectivity index (χ4v) is 2.45. The van der Waals surface area contributed by atoms with Gasteiger partial charge in [-0.1, -0.05) is 6.92 Å². The van der Waals surface area contributed by atoms with Gasteiger partial charge in [-0.15, -0.1) is 0 Å². The van der Waals surface area contributed by atoms with E-state index in [-0.39, 0.29) is 12.2 Å². The molecule has 1 rings (SSSR count). The number of halogens is 2. The highest BCUT2D eigenvalue weighted by Crippen LogP contribution is 2.21. The summed E-state index contributed by atoms with van der Waals surface area (Å²) in [5.74, 6) is -2.54. The first-order chi connectivity index (χ1) is 8.27. The Labute approximate surface area is 104 Å². The largest absolute Gasteiger partial charge is 0.399 e. The lowest BCUT2D eigenvalue weighted by Crippen LogP contribution is -2.32. The van der Waals surface area contributed by atoms with Crippen LogP contribution in [0.25, 0.3) is 0 Å². The standard InChI is InChI=1S/C10H14F2N2O3S/c1-2-7(15)5-14-18(16,17)10-8(11)3-6(13)4-9(10)12/h3-4,7,14-15H,2,5,13H2,1H3. The van der Waals surface area contributed by atoms with Crippen molar-refractivity contribution >= 4 is 15.7 Å². The smallest absolute Gasteiger partial charge is 0.246 e. The Balaban J connectivity index is 3.06. The number of hydrogen-bond acceptors (Lipinski definition) is 4. The van der Waals surface area contributed by atoms with Crippen LogP contribution in [0.4, 0.5) is 14.5 Å². The van der Waals surface area contributed by atoms with Crippen molar-refractivity contribution in [3.8, 4) is 0 Å². The summed E-state index contributed by atoms with van der Waals surface area (Å²) in [4.78, 5) is -1.10. The number of sulfonamides is 1. The molecule has 0 saturated carbocycles. The summed E-state index contributed by atoms with van der Waals surface area (Å²) in [7, 11) is -4.36. The van der Waals surface area contributed by atoms with E-state index in [1.165, 1.54) is 0 Å². The average molecular weight is 280 g/mol. The molecule has 0 aromatic heterocycles. The van der Waals surface area contributed by atoms with Gasteiger partial charge >= 0.3 is 0 Å². The second kappa shape index (κ2) is 5.59. The molecular formula is C10H14F2N2O3S. The van der Waals surface area contributed by atoms with Crippen LogP contribution in [0, 0.1) is 11.6 Å². The van der Waals surface area contributed by atoms with Crippen molar-refractivity contribution in [1.82, 2.24) is 4.72 Å². The van der Waals surface area contributed by atoms with Gasteiger partial charge in [0.15, 0.2) is 4.90 Å². The molecule has 1 atom stereocenters. The van der Waals surface area contributed by atoms with E-state index in [2.05, 4.69) is 0 Å². The maximum atomic E-state index is 13.4. The van der Waals surface area contributed by atoms with Gasteiger partial charge in [0.1, 0.15) is 11.6 Å². The lowest BCUT2D eigenvalue weighted by molar-refractivity contribution is 0.174. The van der Waals surface area contributed by atoms with Gasteiger partial charge in [0, 0.05) is 12.2 Å². The van der Waals surface area contributed by atoms with Gasteiger partial charge in [-0.25, -0.2) is 21.9 Å². The van der Waals surface area contributed by atoms with Gasteiger partial charge in [0.05, 0.1) is 6.10 Å². The van der Waals surface area contributed by atoms with E-state index in [4.69, 9.17) is 5.73 Å². The molecule has 0 radical (unpaired) electrons. The lowest BCUT2D eigenvalue weighted by Gasteiger charge is -2.11. The number of nitrogens with two attached hydrogens (primary N) is 1. The summed E-state index contributed by atoms with van der Waals surface area (Å²) in [6.07, 6.45) is -0.602. The highest BCUT2D eigenvalue weighted by molar-refractivity contribution is 7.89. The van der Waals surface area contributed by atoms with Crippen LogP contribution in [-0.2, 0) is 10.0 Å². The molecule has 5 nitrogen and oxygen atoms in total. The first-order valence-electron chi connectivity index (χ1n) is 5.20. The molecule has 18 heavy (non-hydrogen) atoms. The Hall–Kier alpha value is -1.25. The van der Waals surface area contributed by atoms with Gasteiger partial charge in [0.2, 0.25) is 10.0 Å². The van der Waals surface area contributed by atoms with Gasteiger partial charge in [-0.2, -0.15) is 0 Å². The Morgan fingerprint density at radius 1 is 1.39 bits per heavy atom. The Morgan fingerprint density at radius 3 is 2.33 bits per heavy atom. The third kappa shape index (κ3) is 3.37. The zero-order valence-electron chi connectivity index (χ0n) is 9.65. The van der Waals surface area contributed by atoms with E-state index in [1.807, 2.05) is 4.72 Å². The Kier molecular flexibility index (Phi) is 4.60. The van der Waals surface area contributed by atoms with Crippen molar-refractivity contribution in [2.45, 2.75) is 24.3 Å². The minimum Gasteiger partial charge on any atom is -0.399 e. The minimum atomic E-state index is -4.36. The van der Waals surface area contributed by atoms with E-state index >= 15 is 0 Å². The number of hydrogen-bond donors (Lipinski definition) is 3. The summed E-state index contributed by atoms with van der Waals surface area (Å²) in [6.45, 7) is 1.32. The van der Waals surface area contributed by atoms with Gasteiger partial charge in [-0.3, -0.25) is 0 Å². The summed E-state index contributed by atoms with van der Waals surface area (Å²) in [5, 5.41) is 9.22. The highest BCUT2D eigenvalue weighted by Gasteiger charge is 2.24. The maximum Gasteiger partial charge on any atom is 0.246 e. The SMILES string of the molecule is CCC(O)CNS(=O)(=O)c1c(F)cc(N)cc1F. The average Bonchev–Trinajstić information content (AvgIpc) is 2.24. The quantitative estimate of drug-likeness (QED) is 0.688. The number of nitrogens with one attached hydrogen (secondary N) is 1. The van der Waals surface area contributed by atoms with Gasteiger partial charge in [-0.05, 0) is 18.6 Å². The fourth-order valence-electron chi connectivity index (χ4n) is 1.26. The highest BCUT2D eigenvalue weighted by atomic mass is 32.2. The van der Waals surface area contributed by atoms with Crippen molar-refractivity contribution in [3.63, 3.8) is 0 Å². The lowest BCUT2D eigenvalue weighted by atomic mass is 10.3. The van der Waals surface area contributed by atoms with Crippen molar-refractivity contribution in [2.24, 2.45) is 0 Å². The van der Waals surface area contributed by atoms with Crippen molar-refractivity contribution in [2.75, 3.05) is 12.3 Å². The molecule has 1 aromatic rings. The Morgan fingerprint density at radius 2 is 1.89 bits per heavy atom. The maximum absolute atomic E-state index is 13.4. The van der Waals surface area contributed by atoms with E-state index < -0.39 is 32.7 Å². The zero-order valence-corrected chi connectivity index (χ0v) is 10.5. The predicted molar refractivity (Wildman–Crippen MR) is 62.3 cm³/mol. The van der Waals surface area contributed by atoms with Crippen LogP contribution in [0.3, 0.4) is 0 Å². The first-order valence-corrected chi connectivity index (χ1v) is 6.68. The summed E-state index contributed by atoms with van der Waals surface area (Å²) >= 11 is 0. The topological polar surface area (TPSA) is 92.4 Å². The third-order valence-electron chi connectivity index (χ3n) is 2.27. The molecule has 0 bridgehead atoms. The first kappa shape index (κ1) is 14.8. The van der Waals surface area contributed by atoms with Crippen LogP contribution in [0.5, 0.6) is 0 Å². The van der Waals surface area contributed by atoms with Crippen LogP contribution in [0.2, 0.25) is 0 Å². The molecule has 8 heteroatoms. The second-order valence-electron chi connectivity index (χ2n) is 3.73. The van der Waals surface area contributed by atoms with Crippen LogP contribution in [0.15, 0.2) is 17.0 Å². The normalized spacial score (nSPS) is 13.6. The van der Waals surface area contributed by atoms with Crippen LogP contribution < -0.4 is 10.5 Å². The van der Waals surface area contributed by atoms with Crippen LogP contribution in [-0.4, -0.2) is 26.2 Å². The zero-order chi connectivity index (χ0) is 13.9. The molecule has 0 saturated heterocycles. The van der Waals surface area contributed by atoms with Crippen LogP contribution in [0.1, 0.15) is 13.3 Å². The molecule has 0 amide bonds.